The molecule has 0 atom stereocenters. The van der Waals surface area contributed by atoms with Gasteiger partial charge in [-0.2, -0.15) is 0 Å². The third-order valence-electron chi connectivity index (χ3n) is 0.765. The molecule has 0 aliphatic heterocycles. The molecule has 0 saturated carbocycles. The molecule has 0 unspecified atom stereocenters. The summed E-state index contributed by atoms with van der Waals surface area (Å²) in [6.45, 7) is 3.47. The fourth-order valence-electron chi connectivity index (χ4n) is 0.375. The summed E-state index contributed by atoms with van der Waals surface area (Å²) in [4.78, 5) is 9.19. The van der Waals surface area contributed by atoms with Gasteiger partial charge < -0.3 is 0 Å². The minimum absolute atomic E-state index is 0.469. The van der Waals surface area contributed by atoms with Crippen LogP contribution in [-0.2, 0) is 0 Å². The summed E-state index contributed by atoms with van der Waals surface area (Å²) < 4.78 is 0. The van der Waals surface area contributed by atoms with E-state index in [4.69, 9.17) is 0 Å². The van der Waals surface area contributed by atoms with Gasteiger partial charge in [0.05, 0.1) is 4.92 Å². The Kier molecular flexibility index (Phi) is 4.40. The molecule has 0 aromatic rings. The monoisotopic (exact) mass is 127 g/mol. The van der Waals surface area contributed by atoms with Crippen molar-refractivity contribution in [3.8, 4) is 0 Å². The smallest absolute Gasteiger partial charge is 0.230 e. The summed E-state index contributed by atoms with van der Waals surface area (Å²) in [5.41, 5.74) is 0. The van der Waals surface area contributed by atoms with Gasteiger partial charge in [0, 0.05) is 0 Å². The molecule has 0 aliphatic rings. The number of allylic oxidation sites excluding steroid dienone is 2. The van der Waals surface area contributed by atoms with Crippen molar-refractivity contribution in [3.63, 3.8) is 0 Å². The molecule has 0 aromatic carbocycles. The molecule has 0 bridgehead atoms. The van der Waals surface area contributed by atoms with Gasteiger partial charge in [0.25, 0.3) is 0 Å². The van der Waals surface area contributed by atoms with E-state index in [1.165, 1.54) is 6.08 Å². The van der Waals surface area contributed by atoms with Crippen molar-refractivity contribution in [2.45, 2.75) is 12.8 Å². The van der Waals surface area contributed by atoms with Crippen molar-refractivity contribution in [2.75, 3.05) is 0 Å². The summed E-state index contributed by atoms with van der Waals surface area (Å²) >= 11 is 0. The van der Waals surface area contributed by atoms with E-state index in [1.54, 1.807) is 6.08 Å². The van der Waals surface area contributed by atoms with Crippen LogP contribution in [0.25, 0.3) is 0 Å². The van der Waals surface area contributed by atoms with Crippen LogP contribution in [0.4, 0.5) is 0 Å². The third kappa shape index (κ3) is 6.88. The maximum absolute atomic E-state index is 9.66. The molecule has 0 aliphatic carbocycles. The first-order valence-electron chi connectivity index (χ1n) is 2.68. The lowest BCUT2D eigenvalue weighted by Gasteiger charge is -1.80. The molecule has 0 radical (unpaired) electrons. The molecule has 3 nitrogen and oxygen atoms in total. The molecule has 0 aromatic heterocycles. The summed E-state index contributed by atoms with van der Waals surface area (Å²) in [6.07, 6.45) is 5.68. The first-order chi connectivity index (χ1) is 4.27. The highest BCUT2D eigenvalue weighted by Gasteiger charge is 1.81. The van der Waals surface area contributed by atoms with Gasteiger partial charge in [-0.25, -0.2) is 0 Å². The number of hydrogen-bond acceptors (Lipinski definition) is 2. The van der Waals surface area contributed by atoms with Gasteiger partial charge in [-0.3, -0.25) is 10.1 Å². The molecule has 0 N–H and O–H groups in total. The fraction of sp³-hybridized carbons (Fsp3) is 0.333. The Morgan fingerprint density at radius 1 is 1.56 bits per heavy atom. The van der Waals surface area contributed by atoms with Crippen LogP contribution in [0.5, 0.6) is 0 Å². The van der Waals surface area contributed by atoms with Crippen molar-refractivity contribution < 1.29 is 4.92 Å². The minimum atomic E-state index is -0.469. The molecule has 0 rings (SSSR count). The van der Waals surface area contributed by atoms with Crippen LogP contribution in [0, 0.1) is 10.1 Å². The highest BCUT2D eigenvalue weighted by molar-refractivity contribution is 4.77. The molecule has 50 valence electrons. The highest BCUT2D eigenvalue weighted by atomic mass is 16.6. The van der Waals surface area contributed by atoms with E-state index in [9.17, 15) is 10.1 Å². The van der Waals surface area contributed by atoms with E-state index in [0.717, 1.165) is 12.6 Å². The highest BCUT2D eigenvalue weighted by Crippen LogP contribution is 1.89. The molecular formula is C6H9NO2. The second-order valence-corrected chi connectivity index (χ2v) is 1.54. The molecular weight excluding hydrogens is 118 g/mol. The Morgan fingerprint density at radius 3 is 2.67 bits per heavy atom. The lowest BCUT2D eigenvalue weighted by Crippen LogP contribution is -1.81. The standard InChI is InChI=1S/C6H9NO2/c1-2-3-4-5-6-7(8)9/h2,5-6H,1,3-4H2/b6-5+. The maximum atomic E-state index is 9.66. The number of nitro groups is 1. The van der Waals surface area contributed by atoms with Gasteiger partial charge in [0.2, 0.25) is 6.20 Å². The van der Waals surface area contributed by atoms with Gasteiger partial charge in [0.1, 0.15) is 0 Å². The average molecular weight is 127 g/mol. The number of nitrogens with zero attached hydrogens (tertiary/aromatic N) is 1. The van der Waals surface area contributed by atoms with Crippen LogP contribution in [0.15, 0.2) is 24.9 Å². The first kappa shape index (κ1) is 7.88. The zero-order valence-electron chi connectivity index (χ0n) is 5.12. The molecule has 0 saturated heterocycles. The van der Waals surface area contributed by atoms with Gasteiger partial charge in [-0.15, -0.1) is 6.58 Å². The molecule has 0 heterocycles. The van der Waals surface area contributed by atoms with Crippen molar-refractivity contribution in [1.29, 1.82) is 0 Å². The van der Waals surface area contributed by atoms with E-state index in [0.29, 0.717) is 6.42 Å². The Bertz CT molecular complexity index is 129. The Balaban J connectivity index is 3.24. The Hall–Kier alpha value is -1.12. The normalized spacial score (nSPS) is 9.78. The van der Waals surface area contributed by atoms with Crippen LogP contribution in [0.1, 0.15) is 12.8 Å². The molecule has 0 fully saturated rings. The van der Waals surface area contributed by atoms with Crippen LogP contribution < -0.4 is 0 Å². The average Bonchev–Trinajstić information content (AvgIpc) is 1.80. The van der Waals surface area contributed by atoms with Gasteiger partial charge in [-0.05, 0) is 18.9 Å². The minimum Gasteiger partial charge on any atom is -0.259 e. The summed E-state index contributed by atoms with van der Waals surface area (Å²) in [7, 11) is 0. The van der Waals surface area contributed by atoms with E-state index in [-0.39, 0.29) is 0 Å². The van der Waals surface area contributed by atoms with Gasteiger partial charge >= 0.3 is 0 Å². The Morgan fingerprint density at radius 2 is 2.22 bits per heavy atom. The Labute approximate surface area is 53.8 Å². The summed E-state index contributed by atoms with van der Waals surface area (Å²) in [5, 5.41) is 9.66. The quantitative estimate of drug-likeness (QED) is 0.250. The maximum Gasteiger partial charge on any atom is 0.230 e. The second kappa shape index (κ2) is 5.03. The largest absolute Gasteiger partial charge is 0.259 e. The molecule has 9 heavy (non-hydrogen) atoms. The summed E-state index contributed by atoms with van der Waals surface area (Å²) in [5.74, 6) is 0. The number of hydrogen-bond donors (Lipinski definition) is 0. The van der Waals surface area contributed by atoms with Crippen LogP contribution >= 0.6 is 0 Å². The van der Waals surface area contributed by atoms with Crippen molar-refractivity contribution >= 4 is 0 Å². The second-order valence-electron chi connectivity index (χ2n) is 1.54. The summed E-state index contributed by atoms with van der Waals surface area (Å²) in [6, 6.07) is 0. The van der Waals surface area contributed by atoms with E-state index in [1.807, 2.05) is 0 Å². The van der Waals surface area contributed by atoms with Crippen molar-refractivity contribution in [3.05, 3.63) is 35.0 Å². The predicted molar refractivity (Wildman–Crippen MR) is 35.6 cm³/mol. The van der Waals surface area contributed by atoms with Crippen LogP contribution in [0.2, 0.25) is 0 Å². The van der Waals surface area contributed by atoms with E-state index < -0.39 is 4.92 Å². The number of rotatable bonds is 4. The zero-order chi connectivity index (χ0) is 7.11. The van der Waals surface area contributed by atoms with E-state index >= 15 is 0 Å². The van der Waals surface area contributed by atoms with Crippen molar-refractivity contribution in [2.24, 2.45) is 0 Å². The van der Waals surface area contributed by atoms with Crippen LogP contribution in [-0.4, -0.2) is 4.92 Å². The lowest BCUT2D eigenvalue weighted by molar-refractivity contribution is -0.402. The van der Waals surface area contributed by atoms with Gasteiger partial charge in [0.15, 0.2) is 0 Å². The topological polar surface area (TPSA) is 43.1 Å². The SMILES string of the molecule is C=CCC/C=C/[N+](=O)[O-]. The number of unbranched alkanes of at least 4 members (excludes halogenated alkanes) is 1. The van der Waals surface area contributed by atoms with Gasteiger partial charge in [-0.1, -0.05) is 6.08 Å². The molecule has 3 heteroatoms. The van der Waals surface area contributed by atoms with E-state index in [2.05, 4.69) is 6.58 Å². The third-order valence-corrected chi connectivity index (χ3v) is 0.765. The van der Waals surface area contributed by atoms with Crippen molar-refractivity contribution in [1.82, 2.24) is 0 Å². The lowest BCUT2D eigenvalue weighted by atomic mass is 10.3. The first-order valence-corrected chi connectivity index (χ1v) is 2.68. The molecule has 0 amide bonds. The molecule has 0 spiro atoms. The fourth-order valence-corrected chi connectivity index (χ4v) is 0.375. The predicted octanol–water partition coefficient (Wildman–Crippen LogP) is 1.74. The zero-order valence-corrected chi connectivity index (χ0v) is 5.12. The van der Waals surface area contributed by atoms with Crippen LogP contribution in [0.3, 0.4) is 0 Å².